The van der Waals surface area contributed by atoms with Gasteiger partial charge in [-0.2, -0.15) is 0 Å². The molecule has 2 atom stereocenters. The molecule has 0 radical (unpaired) electrons. The van der Waals surface area contributed by atoms with Crippen molar-refractivity contribution < 1.29 is 28.6 Å². The highest BCUT2D eigenvalue weighted by atomic mass is 16.5. The lowest BCUT2D eigenvalue weighted by atomic mass is 10.2. The van der Waals surface area contributed by atoms with Gasteiger partial charge in [0.2, 0.25) is 0 Å². The highest BCUT2D eigenvalue weighted by Gasteiger charge is 2.21. The summed E-state index contributed by atoms with van der Waals surface area (Å²) in [5.74, 6) is -0.787. The second kappa shape index (κ2) is 10.4. The standard InChI is InChI=1S/C22H24N2O6/c1-15(20(25)24-22(27)23-17-6-3-2-4-7-17)30-21(26)16-9-11-18(12-10-16)29-14-19-8-5-13-28-19/h2-4,6-7,9-12,15,19H,5,8,13-14H2,1H3,(H2,23,24,25,27)/t15-,19+/m1/s1. The van der Waals surface area contributed by atoms with Gasteiger partial charge in [-0.3, -0.25) is 10.1 Å². The fraction of sp³-hybridized carbons (Fsp3) is 0.318. The zero-order valence-corrected chi connectivity index (χ0v) is 16.6. The molecule has 1 saturated heterocycles. The maximum Gasteiger partial charge on any atom is 0.338 e. The first kappa shape index (κ1) is 21.3. The zero-order chi connectivity index (χ0) is 21.3. The molecule has 3 amide bonds. The molecule has 158 valence electrons. The number of rotatable bonds is 7. The van der Waals surface area contributed by atoms with Crippen LogP contribution < -0.4 is 15.4 Å². The lowest BCUT2D eigenvalue weighted by molar-refractivity contribution is -0.127. The summed E-state index contributed by atoms with van der Waals surface area (Å²) in [6.07, 6.45) is 0.981. The van der Waals surface area contributed by atoms with E-state index in [0.29, 0.717) is 18.0 Å². The fourth-order valence-corrected chi connectivity index (χ4v) is 2.83. The molecule has 0 spiro atoms. The number of esters is 1. The van der Waals surface area contributed by atoms with Crippen LogP contribution in [0.25, 0.3) is 0 Å². The Bertz CT molecular complexity index is 863. The van der Waals surface area contributed by atoms with Gasteiger partial charge in [-0.15, -0.1) is 0 Å². The van der Waals surface area contributed by atoms with Gasteiger partial charge in [0.1, 0.15) is 12.4 Å². The van der Waals surface area contributed by atoms with E-state index in [4.69, 9.17) is 14.2 Å². The third-order valence-corrected chi connectivity index (χ3v) is 4.47. The van der Waals surface area contributed by atoms with Crippen LogP contribution >= 0.6 is 0 Å². The molecule has 1 fully saturated rings. The first-order valence-corrected chi connectivity index (χ1v) is 9.73. The van der Waals surface area contributed by atoms with Gasteiger partial charge in [0.05, 0.1) is 11.7 Å². The van der Waals surface area contributed by atoms with Crippen molar-refractivity contribution in [3.63, 3.8) is 0 Å². The van der Waals surface area contributed by atoms with Crippen LogP contribution in [0.3, 0.4) is 0 Å². The number of carbonyl (C=O) groups is 3. The first-order chi connectivity index (χ1) is 14.5. The van der Waals surface area contributed by atoms with Crippen molar-refractivity contribution in [3.8, 4) is 5.75 Å². The van der Waals surface area contributed by atoms with Gasteiger partial charge >= 0.3 is 12.0 Å². The van der Waals surface area contributed by atoms with E-state index in [-0.39, 0.29) is 11.7 Å². The molecule has 8 nitrogen and oxygen atoms in total. The van der Waals surface area contributed by atoms with Crippen LogP contribution in [0.15, 0.2) is 54.6 Å². The predicted molar refractivity (Wildman–Crippen MR) is 109 cm³/mol. The minimum atomic E-state index is -1.14. The van der Waals surface area contributed by atoms with E-state index in [1.54, 1.807) is 54.6 Å². The molecule has 2 N–H and O–H groups in total. The molecule has 30 heavy (non-hydrogen) atoms. The summed E-state index contributed by atoms with van der Waals surface area (Å²) in [5.41, 5.74) is 0.808. The Balaban J connectivity index is 1.44. The number of carbonyl (C=O) groups excluding carboxylic acids is 3. The third-order valence-electron chi connectivity index (χ3n) is 4.47. The van der Waals surface area contributed by atoms with Crippen LogP contribution in [0.4, 0.5) is 10.5 Å². The largest absolute Gasteiger partial charge is 0.491 e. The number of hydrogen-bond donors (Lipinski definition) is 2. The van der Waals surface area contributed by atoms with Crippen LogP contribution in [0.2, 0.25) is 0 Å². The lowest BCUT2D eigenvalue weighted by Gasteiger charge is -2.14. The van der Waals surface area contributed by atoms with E-state index in [2.05, 4.69) is 10.6 Å². The zero-order valence-electron chi connectivity index (χ0n) is 16.6. The predicted octanol–water partition coefficient (Wildman–Crippen LogP) is 3.14. The maximum atomic E-state index is 12.3. The monoisotopic (exact) mass is 412 g/mol. The number of para-hydroxylation sites is 1. The average molecular weight is 412 g/mol. The molecule has 3 rings (SSSR count). The Morgan fingerprint density at radius 1 is 1.10 bits per heavy atom. The molecule has 2 aromatic carbocycles. The first-order valence-electron chi connectivity index (χ1n) is 9.73. The summed E-state index contributed by atoms with van der Waals surface area (Å²) < 4.78 is 16.3. The van der Waals surface area contributed by atoms with Crippen LogP contribution in [-0.2, 0) is 14.3 Å². The van der Waals surface area contributed by atoms with E-state index in [9.17, 15) is 14.4 Å². The highest BCUT2D eigenvalue weighted by Crippen LogP contribution is 2.17. The topological polar surface area (TPSA) is 103 Å². The number of nitrogens with one attached hydrogen (secondary N) is 2. The van der Waals surface area contributed by atoms with Crippen molar-refractivity contribution in [2.75, 3.05) is 18.5 Å². The van der Waals surface area contributed by atoms with Crippen molar-refractivity contribution in [3.05, 3.63) is 60.2 Å². The number of benzene rings is 2. The Morgan fingerprint density at radius 2 is 1.83 bits per heavy atom. The molecule has 8 heteroatoms. The normalized spacial score (nSPS) is 16.4. The van der Waals surface area contributed by atoms with Crippen LogP contribution in [0, 0.1) is 0 Å². The summed E-state index contributed by atoms with van der Waals surface area (Å²) >= 11 is 0. The lowest BCUT2D eigenvalue weighted by Crippen LogP contribution is -2.41. The van der Waals surface area contributed by atoms with Crippen LogP contribution in [0.5, 0.6) is 5.75 Å². The Kier molecular flexibility index (Phi) is 7.40. The van der Waals surface area contributed by atoms with Gasteiger partial charge in [0.15, 0.2) is 6.10 Å². The Labute approximate surface area is 174 Å². The summed E-state index contributed by atoms with van der Waals surface area (Å²) in [4.78, 5) is 36.2. The van der Waals surface area contributed by atoms with Crippen molar-refractivity contribution in [2.24, 2.45) is 0 Å². The molecule has 1 aliphatic heterocycles. The van der Waals surface area contributed by atoms with E-state index >= 15 is 0 Å². The molecular weight excluding hydrogens is 388 g/mol. The number of ether oxygens (including phenoxy) is 3. The number of imide groups is 1. The van der Waals surface area contributed by atoms with Gasteiger partial charge in [0.25, 0.3) is 5.91 Å². The molecule has 0 saturated carbocycles. The molecule has 0 aromatic heterocycles. The van der Waals surface area contributed by atoms with Gasteiger partial charge < -0.3 is 19.5 Å². The molecule has 2 aromatic rings. The number of urea groups is 1. The van der Waals surface area contributed by atoms with Crippen LogP contribution in [0.1, 0.15) is 30.1 Å². The second-order valence-electron chi connectivity index (χ2n) is 6.83. The van der Waals surface area contributed by atoms with Gasteiger partial charge in [0, 0.05) is 12.3 Å². The van der Waals surface area contributed by atoms with E-state index in [1.807, 2.05) is 0 Å². The van der Waals surface area contributed by atoms with Gasteiger partial charge in [-0.25, -0.2) is 9.59 Å². The Morgan fingerprint density at radius 3 is 2.50 bits per heavy atom. The smallest absolute Gasteiger partial charge is 0.338 e. The summed E-state index contributed by atoms with van der Waals surface area (Å²) in [7, 11) is 0. The molecule has 1 aliphatic rings. The number of hydrogen-bond acceptors (Lipinski definition) is 6. The average Bonchev–Trinajstić information content (AvgIpc) is 3.27. The minimum absolute atomic E-state index is 0.105. The van der Waals surface area contributed by atoms with Crippen molar-refractivity contribution in [1.82, 2.24) is 5.32 Å². The molecule has 0 aliphatic carbocycles. The van der Waals surface area contributed by atoms with Crippen molar-refractivity contribution in [2.45, 2.75) is 32.0 Å². The van der Waals surface area contributed by atoms with E-state index < -0.39 is 24.0 Å². The van der Waals surface area contributed by atoms with Crippen molar-refractivity contribution >= 4 is 23.6 Å². The SMILES string of the molecule is C[C@@H](OC(=O)c1ccc(OC[C@@H]2CCCO2)cc1)C(=O)NC(=O)Nc1ccccc1. The third kappa shape index (κ3) is 6.31. The minimum Gasteiger partial charge on any atom is -0.491 e. The quantitative estimate of drug-likeness (QED) is 0.678. The molecule has 0 bridgehead atoms. The van der Waals surface area contributed by atoms with Gasteiger partial charge in [-0.1, -0.05) is 18.2 Å². The van der Waals surface area contributed by atoms with Crippen molar-refractivity contribution in [1.29, 1.82) is 0 Å². The van der Waals surface area contributed by atoms with Crippen LogP contribution in [-0.4, -0.2) is 43.3 Å². The maximum absolute atomic E-state index is 12.3. The van der Waals surface area contributed by atoms with E-state index in [0.717, 1.165) is 19.4 Å². The second-order valence-corrected chi connectivity index (χ2v) is 6.83. The van der Waals surface area contributed by atoms with Gasteiger partial charge in [-0.05, 0) is 56.2 Å². The number of anilines is 1. The molecular formula is C22H24N2O6. The molecule has 1 heterocycles. The molecule has 0 unspecified atom stereocenters. The summed E-state index contributed by atoms with van der Waals surface area (Å²) in [5, 5.41) is 4.66. The summed E-state index contributed by atoms with van der Waals surface area (Å²) in [6, 6.07) is 14.4. The fourth-order valence-electron chi connectivity index (χ4n) is 2.83. The van der Waals surface area contributed by atoms with E-state index in [1.165, 1.54) is 6.92 Å². The Hall–Kier alpha value is -3.39. The summed E-state index contributed by atoms with van der Waals surface area (Å²) in [6.45, 7) is 2.62. The number of amides is 3. The highest BCUT2D eigenvalue weighted by molar-refractivity contribution is 6.03.